The first-order chi connectivity index (χ1) is 12.1. The third kappa shape index (κ3) is 4.63. The zero-order valence-corrected chi connectivity index (χ0v) is 15.7. The second-order valence-electron chi connectivity index (χ2n) is 6.95. The van der Waals surface area contributed by atoms with Crippen LogP contribution >= 0.6 is 12.4 Å². The normalized spacial score (nSPS) is 17.3. The third-order valence-corrected chi connectivity index (χ3v) is 5.28. The van der Waals surface area contributed by atoms with Gasteiger partial charge >= 0.3 is 0 Å². The number of rotatable bonds is 6. The van der Waals surface area contributed by atoms with Gasteiger partial charge in [0.05, 0.1) is 12.0 Å². The van der Waals surface area contributed by atoms with Gasteiger partial charge < -0.3 is 11.1 Å². The molecule has 3 atom stereocenters. The van der Waals surface area contributed by atoms with Gasteiger partial charge in [0, 0.05) is 6.04 Å². The van der Waals surface area contributed by atoms with Crippen molar-refractivity contribution in [2.45, 2.75) is 38.3 Å². The minimum atomic E-state index is -0.351. The van der Waals surface area contributed by atoms with E-state index in [9.17, 15) is 9.18 Å². The van der Waals surface area contributed by atoms with E-state index >= 15 is 0 Å². The van der Waals surface area contributed by atoms with E-state index < -0.39 is 0 Å². The fourth-order valence-corrected chi connectivity index (χ4v) is 3.33. The van der Waals surface area contributed by atoms with Crippen LogP contribution in [0.4, 0.5) is 4.39 Å². The Hall–Kier alpha value is -1.91. The molecule has 1 fully saturated rings. The van der Waals surface area contributed by atoms with Gasteiger partial charge in [-0.1, -0.05) is 55.8 Å². The van der Waals surface area contributed by atoms with Crippen molar-refractivity contribution in [1.29, 1.82) is 0 Å². The highest BCUT2D eigenvalue weighted by atomic mass is 35.5. The van der Waals surface area contributed by atoms with Gasteiger partial charge in [-0.3, -0.25) is 4.79 Å². The summed E-state index contributed by atoms with van der Waals surface area (Å²) in [6.45, 7) is 1.86. The Kier molecular flexibility index (Phi) is 7.18. The Morgan fingerprint density at radius 3 is 2.23 bits per heavy atom. The minimum Gasteiger partial charge on any atom is -0.349 e. The first kappa shape index (κ1) is 20.4. The summed E-state index contributed by atoms with van der Waals surface area (Å²) in [5.41, 5.74) is 8.20. The molecule has 1 amide bonds. The molecular weight excluding hydrogens is 351 g/mol. The Labute approximate surface area is 160 Å². The zero-order valence-electron chi connectivity index (χ0n) is 14.9. The molecule has 0 heterocycles. The molecule has 0 saturated heterocycles. The second kappa shape index (κ2) is 9.15. The van der Waals surface area contributed by atoms with Crippen LogP contribution in [0, 0.1) is 17.7 Å². The minimum absolute atomic E-state index is 0. The maximum Gasteiger partial charge on any atom is 0.225 e. The molecule has 0 aliphatic heterocycles. The number of hydrogen-bond donors (Lipinski definition) is 2. The second-order valence-corrected chi connectivity index (χ2v) is 6.95. The molecular formula is C21H26ClFN2O. The van der Waals surface area contributed by atoms with Crippen molar-refractivity contribution in [3.8, 4) is 0 Å². The summed E-state index contributed by atoms with van der Waals surface area (Å²) in [5.74, 6) is -0.250. The van der Waals surface area contributed by atoms with Gasteiger partial charge in [0.15, 0.2) is 0 Å². The lowest BCUT2D eigenvalue weighted by atomic mass is 9.77. The predicted octanol–water partition coefficient (Wildman–Crippen LogP) is 4.54. The van der Waals surface area contributed by atoms with E-state index in [0.717, 1.165) is 24.0 Å². The van der Waals surface area contributed by atoms with E-state index in [1.807, 2.05) is 37.3 Å². The highest BCUT2D eigenvalue weighted by Gasteiger charge is 2.32. The molecule has 3 nitrogen and oxygen atoms in total. The van der Waals surface area contributed by atoms with Gasteiger partial charge in [-0.25, -0.2) is 4.39 Å². The molecule has 5 heteroatoms. The first-order valence-electron chi connectivity index (χ1n) is 8.92. The van der Waals surface area contributed by atoms with Crippen LogP contribution in [0.25, 0.3) is 0 Å². The van der Waals surface area contributed by atoms with Crippen LogP contribution in [0.3, 0.4) is 0 Å². The molecule has 0 spiro atoms. The SMILES string of the molecule is CC(C(=O)NC(c1ccc(F)cc1)C1CCC1)C(N)c1ccccc1.Cl. The molecule has 3 unspecified atom stereocenters. The van der Waals surface area contributed by atoms with Crippen LogP contribution in [-0.2, 0) is 4.79 Å². The Balaban J connectivity index is 0.00000243. The van der Waals surface area contributed by atoms with Crippen LogP contribution in [-0.4, -0.2) is 5.91 Å². The Morgan fingerprint density at radius 2 is 1.69 bits per heavy atom. The molecule has 2 aromatic rings. The molecule has 1 saturated carbocycles. The number of hydrogen-bond acceptors (Lipinski definition) is 2. The van der Waals surface area contributed by atoms with Gasteiger partial charge in [0.2, 0.25) is 5.91 Å². The van der Waals surface area contributed by atoms with Crippen LogP contribution in [0.15, 0.2) is 54.6 Å². The van der Waals surface area contributed by atoms with E-state index in [1.165, 1.54) is 18.6 Å². The van der Waals surface area contributed by atoms with Gasteiger partial charge in [0.25, 0.3) is 0 Å². The molecule has 1 aliphatic carbocycles. The quantitative estimate of drug-likeness (QED) is 0.777. The van der Waals surface area contributed by atoms with Crippen molar-refractivity contribution in [3.05, 3.63) is 71.5 Å². The number of nitrogens with one attached hydrogen (secondary N) is 1. The van der Waals surface area contributed by atoms with Gasteiger partial charge in [-0.2, -0.15) is 0 Å². The summed E-state index contributed by atoms with van der Waals surface area (Å²) >= 11 is 0. The fraction of sp³-hybridized carbons (Fsp3) is 0.381. The van der Waals surface area contributed by atoms with Crippen LogP contribution < -0.4 is 11.1 Å². The monoisotopic (exact) mass is 376 g/mol. The van der Waals surface area contributed by atoms with Crippen molar-refractivity contribution in [3.63, 3.8) is 0 Å². The molecule has 2 aromatic carbocycles. The van der Waals surface area contributed by atoms with Crippen molar-refractivity contribution in [2.24, 2.45) is 17.6 Å². The summed E-state index contributed by atoms with van der Waals surface area (Å²) in [6.07, 6.45) is 3.35. The van der Waals surface area contributed by atoms with E-state index in [2.05, 4.69) is 5.32 Å². The standard InChI is InChI=1S/C21H25FN2O.ClH/c1-14(19(23)15-6-3-2-4-7-15)21(25)24-20(16-8-5-9-16)17-10-12-18(22)13-11-17;/h2-4,6-7,10-14,16,19-20H,5,8-9,23H2,1H3,(H,24,25);1H. The van der Waals surface area contributed by atoms with E-state index in [4.69, 9.17) is 5.73 Å². The van der Waals surface area contributed by atoms with Gasteiger partial charge in [-0.05, 0) is 42.0 Å². The van der Waals surface area contributed by atoms with Crippen molar-refractivity contribution in [1.82, 2.24) is 5.32 Å². The number of halogens is 2. The van der Waals surface area contributed by atoms with Crippen molar-refractivity contribution in [2.75, 3.05) is 0 Å². The first-order valence-corrected chi connectivity index (χ1v) is 8.92. The van der Waals surface area contributed by atoms with Gasteiger partial charge in [-0.15, -0.1) is 12.4 Å². The molecule has 0 radical (unpaired) electrons. The number of carbonyl (C=O) groups is 1. The van der Waals surface area contributed by atoms with Gasteiger partial charge in [0.1, 0.15) is 5.82 Å². The lowest BCUT2D eigenvalue weighted by molar-refractivity contribution is -0.126. The van der Waals surface area contributed by atoms with E-state index in [0.29, 0.717) is 5.92 Å². The highest BCUT2D eigenvalue weighted by Crippen LogP contribution is 2.38. The maximum atomic E-state index is 13.2. The summed E-state index contributed by atoms with van der Waals surface area (Å²) in [4.78, 5) is 12.8. The predicted molar refractivity (Wildman–Crippen MR) is 104 cm³/mol. The van der Waals surface area contributed by atoms with E-state index in [-0.39, 0.29) is 42.1 Å². The molecule has 3 rings (SSSR count). The summed E-state index contributed by atoms with van der Waals surface area (Å²) < 4.78 is 13.2. The Morgan fingerprint density at radius 1 is 1.08 bits per heavy atom. The molecule has 26 heavy (non-hydrogen) atoms. The van der Waals surface area contributed by atoms with Crippen LogP contribution in [0.2, 0.25) is 0 Å². The largest absolute Gasteiger partial charge is 0.349 e. The summed E-state index contributed by atoms with van der Waals surface area (Å²) in [7, 11) is 0. The third-order valence-electron chi connectivity index (χ3n) is 5.28. The van der Waals surface area contributed by atoms with Crippen molar-refractivity contribution >= 4 is 18.3 Å². The fourth-order valence-electron chi connectivity index (χ4n) is 3.33. The average Bonchev–Trinajstić information content (AvgIpc) is 2.59. The highest BCUT2D eigenvalue weighted by molar-refractivity contribution is 5.85. The molecule has 3 N–H and O–H groups in total. The van der Waals surface area contributed by atoms with Crippen LogP contribution in [0.1, 0.15) is 49.4 Å². The number of amides is 1. The zero-order chi connectivity index (χ0) is 17.8. The van der Waals surface area contributed by atoms with E-state index in [1.54, 1.807) is 12.1 Å². The smallest absolute Gasteiger partial charge is 0.225 e. The topological polar surface area (TPSA) is 55.1 Å². The Bertz CT molecular complexity index is 704. The number of benzene rings is 2. The van der Waals surface area contributed by atoms with Crippen molar-refractivity contribution < 1.29 is 9.18 Å². The number of nitrogens with two attached hydrogens (primary N) is 1. The maximum absolute atomic E-state index is 13.2. The molecule has 1 aliphatic rings. The lowest BCUT2D eigenvalue weighted by Gasteiger charge is -2.35. The van der Waals surface area contributed by atoms with Crippen LogP contribution in [0.5, 0.6) is 0 Å². The summed E-state index contributed by atoms with van der Waals surface area (Å²) in [5, 5.41) is 3.16. The molecule has 0 bridgehead atoms. The number of carbonyl (C=O) groups excluding carboxylic acids is 1. The molecule has 140 valence electrons. The lowest BCUT2D eigenvalue weighted by Crippen LogP contribution is -2.41. The molecule has 0 aromatic heterocycles. The summed E-state index contributed by atoms with van der Waals surface area (Å²) in [6, 6.07) is 15.7. The average molecular weight is 377 g/mol.